The molecule has 28 heavy (non-hydrogen) atoms. The Hall–Kier alpha value is -3.18. The number of aromatic nitrogens is 1. The van der Waals surface area contributed by atoms with Gasteiger partial charge in [-0.1, -0.05) is 6.07 Å². The summed E-state index contributed by atoms with van der Waals surface area (Å²) < 4.78 is 7.14. The highest BCUT2D eigenvalue weighted by atomic mass is 16.6. The van der Waals surface area contributed by atoms with Gasteiger partial charge in [-0.3, -0.25) is 0 Å². The minimum absolute atomic E-state index is 0.442. The summed E-state index contributed by atoms with van der Waals surface area (Å²) in [6, 6.07) is 9.67. The van der Waals surface area contributed by atoms with Crippen molar-refractivity contribution in [2.24, 2.45) is 11.6 Å². The van der Waals surface area contributed by atoms with Crippen LogP contribution in [-0.4, -0.2) is 34.4 Å². The van der Waals surface area contributed by atoms with Crippen LogP contribution in [0.25, 0.3) is 10.9 Å². The van der Waals surface area contributed by atoms with Crippen molar-refractivity contribution in [3.8, 4) is 6.07 Å². The summed E-state index contributed by atoms with van der Waals surface area (Å²) in [6.07, 6.45) is 3.81. The predicted molar refractivity (Wildman–Crippen MR) is 109 cm³/mol. The minimum Gasteiger partial charge on any atom is -0.444 e. The van der Waals surface area contributed by atoms with Gasteiger partial charge in [-0.25, -0.2) is 10.6 Å². The first-order valence-corrected chi connectivity index (χ1v) is 9.11. The Balaban J connectivity index is 1.83. The van der Waals surface area contributed by atoms with E-state index in [1.165, 1.54) is 5.01 Å². The maximum Gasteiger partial charge on any atom is 0.407 e. The van der Waals surface area contributed by atoms with Crippen molar-refractivity contribution < 1.29 is 9.53 Å². The number of hydrogen-bond donors (Lipinski definition) is 3. The number of nitriles is 1. The zero-order chi connectivity index (χ0) is 20.7. The second kappa shape index (κ2) is 9.15. The number of carbonyl (C=O) groups is 1. The van der Waals surface area contributed by atoms with Crippen LogP contribution in [0.3, 0.4) is 0 Å². The molecule has 0 saturated heterocycles. The zero-order valence-corrected chi connectivity index (χ0v) is 16.6. The van der Waals surface area contributed by atoms with Gasteiger partial charge in [-0.05, 0) is 50.8 Å². The van der Waals surface area contributed by atoms with Gasteiger partial charge in [0.05, 0.1) is 18.2 Å². The normalized spacial score (nSPS) is 11.9. The number of carbonyl (C=O) groups excluding carboxylic acids is 1. The Kier molecular flexibility index (Phi) is 6.90. The van der Waals surface area contributed by atoms with Crippen LogP contribution in [0.15, 0.2) is 42.4 Å². The van der Waals surface area contributed by atoms with Crippen LogP contribution in [0, 0.1) is 11.3 Å². The van der Waals surface area contributed by atoms with Crippen molar-refractivity contribution >= 4 is 17.0 Å². The number of benzene rings is 1. The number of nitrogens with one attached hydrogen (secondary N) is 1. The lowest BCUT2D eigenvalue weighted by Crippen LogP contribution is -2.35. The highest BCUT2D eigenvalue weighted by molar-refractivity contribution is 5.81. The molecule has 1 aromatic heterocycles. The second-order valence-electron chi connectivity index (χ2n) is 7.55. The molecule has 1 aromatic carbocycles. The van der Waals surface area contributed by atoms with Crippen LogP contribution in [0.1, 0.15) is 32.8 Å². The van der Waals surface area contributed by atoms with E-state index in [0.717, 1.165) is 10.9 Å². The third-order valence-electron chi connectivity index (χ3n) is 3.85. The van der Waals surface area contributed by atoms with E-state index in [2.05, 4.69) is 11.4 Å². The molecule has 0 aliphatic heterocycles. The molecular weight excluding hydrogens is 356 g/mol. The van der Waals surface area contributed by atoms with Crippen LogP contribution < -0.4 is 16.9 Å². The monoisotopic (exact) mass is 384 g/mol. The number of nitrogens with two attached hydrogens (primary N) is 2. The summed E-state index contributed by atoms with van der Waals surface area (Å²) in [5.74, 6) is 5.96. The Bertz CT molecular complexity index is 888. The van der Waals surface area contributed by atoms with Gasteiger partial charge in [0.15, 0.2) is 0 Å². The van der Waals surface area contributed by atoms with Crippen molar-refractivity contribution in [2.75, 3.05) is 13.1 Å². The molecule has 150 valence electrons. The number of allylic oxidation sites excluding steroid dienone is 1. The van der Waals surface area contributed by atoms with Crippen LogP contribution in [0.5, 0.6) is 0 Å². The third-order valence-corrected chi connectivity index (χ3v) is 3.85. The molecular formula is C20H28N6O2. The summed E-state index contributed by atoms with van der Waals surface area (Å²) in [6.45, 7) is 6.89. The molecule has 2 aromatic rings. The van der Waals surface area contributed by atoms with Gasteiger partial charge in [-0.2, -0.15) is 5.26 Å². The average molecular weight is 384 g/mol. The number of nitrogens with zero attached hydrogens (tertiary/aromatic N) is 3. The molecule has 2 rings (SSSR count). The molecule has 0 spiro atoms. The summed E-state index contributed by atoms with van der Waals surface area (Å²) in [5.41, 5.74) is 7.73. The predicted octanol–water partition coefficient (Wildman–Crippen LogP) is 2.40. The van der Waals surface area contributed by atoms with E-state index < -0.39 is 11.7 Å². The summed E-state index contributed by atoms with van der Waals surface area (Å²) in [5, 5.41) is 14.3. The molecule has 0 unspecified atom stereocenters. The molecule has 0 bridgehead atoms. The first-order chi connectivity index (χ1) is 13.2. The fourth-order valence-corrected chi connectivity index (χ4v) is 2.67. The molecule has 0 saturated carbocycles. The number of rotatable bonds is 7. The number of hydrazine groups is 1. The van der Waals surface area contributed by atoms with E-state index in [1.807, 2.05) is 49.7 Å². The Labute approximate surface area is 165 Å². The van der Waals surface area contributed by atoms with Crippen molar-refractivity contribution in [1.82, 2.24) is 14.9 Å². The van der Waals surface area contributed by atoms with Crippen LogP contribution >= 0.6 is 0 Å². The number of ether oxygens (including phenoxy) is 1. The molecule has 8 nitrogen and oxygen atoms in total. The summed E-state index contributed by atoms with van der Waals surface area (Å²) >= 11 is 0. The topological polar surface area (TPSA) is 122 Å². The van der Waals surface area contributed by atoms with Crippen molar-refractivity contribution in [2.45, 2.75) is 39.3 Å². The fraction of sp³-hybridized carbons (Fsp3) is 0.400. The van der Waals surface area contributed by atoms with E-state index in [0.29, 0.717) is 37.3 Å². The van der Waals surface area contributed by atoms with Crippen LogP contribution in [0.4, 0.5) is 4.79 Å². The van der Waals surface area contributed by atoms with Crippen molar-refractivity contribution in [3.63, 3.8) is 0 Å². The maximum absolute atomic E-state index is 11.6. The van der Waals surface area contributed by atoms with E-state index in [-0.39, 0.29) is 0 Å². The molecule has 0 atom stereocenters. The van der Waals surface area contributed by atoms with Gasteiger partial charge in [0.25, 0.3) is 0 Å². The molecule has 1 heterocycles. The third kappa shape index (κ3) is 6.52. The highest BCUT2D eigenvalue weighted by Gasteiger charge is 2.15. The standard InChI is InChI=1S/C20H28N6O2/c1-20(2,3)28-19(27)24-8-4-9-26(23)14-17(22)13-25-10-7-16-6-5-15(12-21)11-18(16)25/h5-7,10-11,14H,4,8-9,13,22-23H2,1-3H3,(H,24,27)/b17-14-. The smallest absolute Gasteiger partial charge is 0.407 e. The average Bonchev–Trinajstić information content (AvgIpc) is 2.99. The van der Waals surface area contributed by atoms with Crippen LogP contribution in [-0.2, 0) is 11.3 Å². The zero-order valence-electron chi connectivity index (χ0n) is 16.6. The highest BCUT2D eigenvalue weighted by Crippen LogP contribution is 2.18. The van der Waals surface area contributed by atoms with E-state index in [9.17, 15) is 4.79 Å². The molecule has 5 N–H and O–H groups in total. The van der Waals surface area contributed by atoms with Gasteiger partial charge in [0.1, 0.15) is 5.60 Å². The summed E-state index contributed by atoms with van der Waals surface area (Å²) in [7, 11) is 0. The number of fused-ring (bicyclic) bond motifs is 1. The molecule has 0 aliphatic carbocycles. The SMILES string of the molecule is CC(C)(C)OC(=O)NCCCN(N)/C=C(\N)Cn1ccc2ccc(C#N)cc21. The molecule has 0 fully saturated rings. The lowest BCUT2D eigenvalue weighted by molar-refractivity contribution is 0.0526. The first-order valence-electron chi connectivity index (χ1n) is 9.11. The molecule has 0 radical (unpaired) electrons. The maximum atomic E-state index is 11.6. The number of amides is 1. The number of hydrogen-bond acceptors (Lipinski definition) is 6. The van der Waals surface area contributed by atoms with Crippen molar-refractivity contribution in [3.05, 3.63) is 47.9 Å². The van der Waals surface area contributed by atoms with Gasteiger partial charge in [0, 0.05) is 36.7 Å². The van der Waals surface area contributed by atoms with Gasteiger partial charge < -0.3 is 25.4 Å². The van der Waals surface area contributed by atoms with Gasteiger partial charge >= 0.3 is 6.09 Å². The lowest BCUT2D eigenvalue weighted by atomic mass is 10.2. The Morgan fingerprint density at radius 1 is 1.39 bits per heavy atom. The van der Waals surface area contributed by atoms with E-state index in [4.69, 9.17) is 21.6 Å². The summed E-state index contributed by atoms with van der Waals surface area (Å²) in [4.78, 5) is 11.6. The fourth-order valence-electron chi connectivity index (χ4n) is 2.67. The van der Waals surface area contributed by atoms with E-state index >= 15 is 0 Å². The van der Waals surface area contributed by atoms with Gasteiger partial charge in [-0.15, -0.1) is 0 Å². The quantitative estimate of drug-likeness (QED) is 0.383. The van der Waals surface area contributed by atoms with E-state index in [1.54, 1.807) is 12.3 Å². The first kappa shape index (κ1) is 21.1. The molecule has 1 amide bonds. The van der Waals surface area contributed by atoms with Crippen LogP contribution in [0.2, 0.25) is 0 Å². The molecule has 0 aliphatic rings. The van der Waals surface area contributed by atoms with Gasteiger partial charge in [0.2, 0.25) is 0 Å². The Morgan fingerprint density at radius 3 is 2.82 bits per heavy atom. The lowest BCUT2D eigenvalue weighted by Gasteiger charge is -2.20. The minimum atomic E-state index is -0.516. The Morgan fingerprint density at radius 2 is 2.14 bits per heavy atom. The number of alkyl carbamates (subject to hydrolysis) is 1. The molecule has 8 heteroatoms. The largest absolute Gasteiger partial charge is 0.444 e. The van der Waals surface area contributed by atoms with Crippen molar-refractivity contribution in [1.29, 1.82) is 5.26 Å². The second-order valence-corrected chi connectivity index (χ2v) is 7.55.